The van der Waals surface area contributed by atoms with Gasteiger partial charge in [0.25, 0.3) is 0 Å². The number of aromatic nitrogens is 6. The van der Waals surface area contributed by atoms with Crippen molar-refractivity contribution in [1.82, 2.24) is 35.5 Å². The number of alkyl halides is 1. The normalized spacial score (nSPS) is 27.9. The van der Waals surface area contributed by atoms with Crippen molar-refractivity contribution in [2.24, 2.45) is 0 Å². The Hall–Kier alpha value is -3.40. The Morgan fingerprint density at radius 2 is 2.24 bits per heavy atom. The monoisotopic (exact) mass is 395 g/mol. The van der Waals surface area contributed by atoms with E-state index in [1.54, 1.807) is 30.6 Å². The predicted molar refractivity (Wildman–Crippen MR) is 100 cm³/mol. The van der Waals surface area contributed by atoms with Gasteiger partial charge in [-0.25, -0.2) is 14.1 Å². The third-order valence-electron chi connectivity index (χ3n) is 5.23. The molecule has 0 saturated carbocycles. The fraction of sp³-hybridized carbons (Fsp3) is 0.316. The number of nitrogens with zero attached hydrogens (tertiary/aromatic N) is 6. The summed E-state index contributed by atoms with van der Waals surface area (Å²) in [6.07, 6.45) is 7.08. The van der Waals surface area contributed by atoms with E-state index >= 15 is 0 Å². The molecule has 2 N–H and O–H groups in total. The van der Waals surface area contributed by atoms with E-state index in [0.29, 0.717) is 23.4 Å². The number of hydrogen-bond donors (Lipinski definition) is 2. The highest BCUT2D eigenvalue weighted by Crippen LogP contribution is 2.34. The van der Waals surface area contributed by atoms with Gasteiger partial charge in [-0.2, -0.15) is 0 Å². The molecule has 4 atom stereocenters. The third-order valence-corrected chi connectivity index (χ3v) is 5.23. The van der Waals surface area contributed by atoms with Gasteiger partial charge in [0, 0.05) is 23.6 Å². The number of nitrogens with one attached hydrogen (secondary N) is 1. The first kappa shape index (κ1) is 17.7. The predicted octanol–water partition coefficient (Wildman–Crippen LogP) is 1.60. The minimum absolute atomic E-state index is 0.000481. The third kappa shape index (κ3) is 3.21. The van der Waals surface area contributed by atoms with Crippen LogP contribution in [0.15, 0.2) is 48.9 Å². The molecule has 0 amide bonds. The molecule has 29 heavy (non-hydrogen) atoms. The maximum absolute atomic E-state index is 14.6. The van der Waals surface area contributed by atoms with Gasteiger partial charge in [-0.3, -0.25) is 5.32 Å². The van der Waals surface area contributed by atoms with Gasteiger partial charge in [0.15, 0.2) is 6.17 Å². The van der Waals surface area contributed by atoms with Crippen molar-refractivity contribution in [1.29, 1.82) is 0 Å². The Bertz CT molecular complexity index is 1060. The lowest BCUT2D eigenvalue weighted by atomic mass is 9.90. The van der Waals surface area contributed by atoms with E-state index in [1.165, 1.54) is 10.9 Å². The smallest absolute Gasteiger partial charge is 0.336 e. The zero-order chi connectivity index (χ0) is 20.0. The van der Waals surface area contributed by atoms with E-state index in [4.69, 9.17) is 4.74 Å². The summed E-state index contributed by atoms with van der Waals surface area (Å²) in [4.78, 5) is 4.15. The van der Waals surface area contributed by atoms with Crippen LogP contribution in [0.2, 0.25) is 0 Å². The fourth-order valence-electron chi connectivity index (χ4n) is 3.78. The van der Waals surface area contributed by atoms with Gasteiger partial charge in [0.05, 0.1) is 30.3 Å². The number of phenols is 1. The van der Waals surface area contributed by atoms with Crippen molar-refractivity contribution in [3.63, 3.8) is 0 Å². The van der Waals surface area contributed by atoms with E-state index in [0.717, 1.165) is 0 Å². The fourth-order valence-corrected chi connectivity index (χ4v) is 3.78. The van der Waals surface area contributed by atoms with Gasteiger partial charge in [0.1, 0.15) is 17.5 Å². The first-order chi connectivity index (χ1) is 14.0. The van der Waals surface area contributed by atoms with Crippen LogP contribution in [0.5, 0.6) is 11.8 Å². The summed E-state index contributed by atoms with van der Waals surface area (Å²) < 4.78 is 21.8. The highest BCUT2D eigenvalue weighted by Gasteiger charge is 2.46. The number of rotatable bonds is 4. The quantitative estimate of drug-likeness (QED) is 0.641. The first-order valence-electron chi connectivity index (χ1n) is 9.18. The van der Waals surface area contributed by atoms with Crippen molar-refractivity contribution < 1.29 is 14.2 Å². The SMILES string of the molecule is C[C@@]12C=C[C@@H](N1)[C@H](F)[C@@H](Oc1ncc(-c3ccc(-n4ccnn4)cc3O)nn1)C2. The molecular formula is C19H18FN7O2. The van der Waals surface area contributed by atoms with Gasteiger partial charge in [0.2, 0.25) is 0 Å². The molecule has 3 aromatic rings. The van der Waals surface area contributed by atoms with Gasteiger partial charge >= 0.3 is 6.01 Å². The number of fused-ring (bicyclic) bond motifs is 2. The number of ether oxygens (including phenoxy) is 1. The van der Waals surface area contributed by atoms with Crippen LogP contribution < -0.4 is 10.1 Å². The lowest BCUT2D eigenvalue weighted by Crippen LogP contribution is -2.57. The van der Waals surface area contributed by atoms with Crippen LogP contribution >= 0.6 is 0 Å². The molecule has 2 aliphatic rings. The molecule has 4 heterocycles. The van der Waals surface area contributed by atoms with E-state index in [-0.39, 0.29) is 23.3 Å². The molecule has 148 valence electrons. The van der Waals surface area contributed by atoms with Crippen LogP contribution in [0, 0.1) is 0 Å². The van der Waals surface area contributed by atoms with Crippen LogP contribution in [0.1, 0.15) is 13.3 Å². The molecule has 0 unspecified atom stereocenters. The van der Waals surface area contributed by atoms with E-state index in [1.807, 2.05) is 19.1 Å². The van der Waals surface area contributed by atoms with Crippen molar-refractivity contribution in [3.8, 4) is 28.7 Å². The Labute approximate surface area is 165 Å². The Morgan fingerprint density at radius 3 is 2.97 bits per heavy atom. The molecule has 0 radical (unpaired) electrons. The zero-order valence-electron chi connectivity index (χ0n) is 15.5. The lowest BCUT2D eigenvalue weighted by Gasteiger charge is -2.38. The molecular weight excluding hydrogens is 377 g/mol. The summed E-state index contributed by atoms with van der Waals surface area (Å²) in [5.41, 5.74) is 1.19. The summed E-state index contributed by atoms with van der Waals surface area (Å²) in [5, 5.41) is 29.2. The number of halogens is 1. The van der Waals surface area contributed by atoms with Gasteiger partial charge < -0.3 is 9.84 Å². The summed E-state index contributed by atoms with van der Waals surface area (Å²) >= 11 is 0. The lowest BCUT2D eigenvalue weighted by molar-refractivity contribution is 0.0262. The first-order valence-corrected chi connectivity index (χ1v) is 9.18. The Kier molecular flexibility index (Phi) is 4.02. The Balaban J connectivity index is 1.33. The topological polar surface area (TPSA) is 111 Å². The zero-order valence-corrected chi connectivity index (χ0v) is 15.5. The average Bonchev–Trinajstić information content (AvgIpc) is 3.36. The van der Waals surface area contributed by atoms with Crippen molar-refractivity contribution >= 4 is 0 Å². The van der Waals surface area contributed by atoms with Crippen LogP contribution in [-0.2, 0) is 0 Å². The molecule has 5 rings (SSSR count). The summed E-state index contributed by atoms with van der Waals surface area (Å²) in [6, 6.07) is 4.63. The summed E-state index contributed by atoms with van der Waals surface area (Å²) in [7, 11) is 0. The number of hydrogen-bond acceptors (Lipinski definition) is 8. The highest BCUT2D eigenvalue weighted by molar-refractivity contribution is 5.67. The van der Waals surface area contributed by atoms with Crippen LogP contribution in [0.4, 0.5) is 4.39 Å². The van der Waals surface area contributed by atoms with Crippen molar-refractivity contribution in [2.75, 3.05) is 0 Å². The molecule has 0 spiro atoms. The summed E-state index contributed by atoms with van der Waals surface area (Å²) in [5.74, 6) is 0.000481. The number of piperidine rings is 1. The number of aromatic hydroxyl groups is 1. The van der Waals surface area contributed by atoms with Crippen LogP contribution in [-0.4, -0.2) is 59.1 Å². The standard InChI is InChI=1S/C19H18FN7O2/c1-19-5-4-13(23-19)17(20)16(9-19)29-18-21-10-14(24-25-18)12-3-2-11(8-15(12)28)27-7-6-22-26-27/h2-8,10,13,16-17,23,28H,9H2,1H3/t13-,16+,17+,19+/m1/s1. The van der Waals surface area contributed by atoms with Crippen molar-refractivity contribution in [3.05, 3.63) is 48.9 Å². The molecule has 1 fully saturated rings. The molecule has 1 aromatic carbocycles. The number of benzene rings is 1. The van der Waals surface area contributed by atoms with E-state index < -0.39 is 12.3 Å². The second kappa shape index (κ2) is 6.59. The maximum atomic E-state index is 14.6. The highest BCUT2D eigenvalue weighted by atomic mass is 19.1. The molecule has 2 bridgehead atoms. The second-order valence-corrected chi connectivity index (χ2v) is 7.43. The molecule has 10 heteroatoms. The molecule has 9 nitrogen and oxygen atoms in total. The minimum Gasteiger partial charge on any atom is -0.507 e. The summed E-state index contributed by atoms with van der Waals surface area (Å²) in [6.45, 7) is 2.00. The molecule has 0 aliphatic carbocycles. The van der Waals surface area contributed by atoms with Gasteiger partial charge in [-0.05, 0) is 19.1 Å². The largest absolute Gasteiger partial charge is 0.507 e. The van der Waals surface area contributed by atoms with Gasteiger partial charge in [-0.1, -0.05) is 22.5 Å². The minimum atomic E-state index is -1.20. The maximum Gasteiger partial charge on any atom is 0.336 e. The second-order valence-electron chi connectivity index (χ2n) is 7.43. The number of phenolic OH excluding ortho intramolecular Hbond substituents is 1. The molecule has 1 saturated heterocycles. The van der Waals surface area contributed by atoms with E-state index in [9.17, 15) is 9.50 Å². The van der Waals surface area contributed by atoms with Gasteiger partial charge in [-0.15, -0.1) is 10.2 Å². The van der Waals surface area contributed by atoms with Crippen LogP contribution in [0.3, 0.4) is 0 Å². The van der Waals surface area contributed by atoms with E-state index in [2.05, 4.69) is 30.8 Å². The van der Waals surface area contributed by atoms with Crippen molar-refractivity contribution in [2.45, 2.75) is 37.2 Å². The molecule has 2 aliphatic heterocycles. The Morgan fingerprint density at radius 1 is 1.34 bits per heavy atom. The molecule has 2 aromatic heterocycles. The van der Waals surface area contributed by atoms with Crippen LogP contribution in [0.25, 0.3) is 16.9 Å². The average molecular weight is 395 g/mol.